The molecule has 0 atom stereocenters. The van der Waals surface area contributed by atoms with E-state index in [-0.39, 0.29) is 0 Å². The van der Waals surface area contributed by atoms with Gasteiger partial charge in [0.25, 0.3) is 0 Å². The molecule has 14 heavy (non-hydrogen) atoms. The predicted molar refractivity (Wildman–Crippen MR) is 55.9 cm³/mol. The number of hydrogen-bond acceptors (Lipinski definition) is 2. The first kappa shape index (κ1) is 14.1. The van der Waals surface area contributed by atoms with Crippen molar-refractivity contribution in [2.75, 3.05) is 25.4 Å². The van der Waals surface area contributed by atoms with E-state index in [1.165, 1.54) is 4.90 Å². The molecule has 0 aliphatic carbocycles. The molecule has 0 radical (unpaired) electrons. The molecule has 1 nitrogen and oxygen atoms in total. The topological polar surface area (TPSA) is 3.24 Å². The van der Waals surface area contributed by atoms with Gasteiger partial charge in [0.15, 0.2) is 0 Å². The lowest BCUT2D eigenvalue weighted by molar-refractivity contribution is -0.146. The third-order valence-electron chi connectivity index (χ3n) is 1.83. The highest BCUT2D eigenvalue weighted by Gasteiger charge is 2.29. The van der Waals surface area contributed by atoms with Gasteiger partial charge in [-0.25, -0.2) is 0 Å². The van der Waals surface area contributed by atoms with Gasteiger partial charge in [0.1, 0.15) is 0 Å². The van der Waals surface area contributed by atoms with Crippen LogP contribution in [0.4, 0.5) is 13.2 Å². The summed E-state index contributed by atoms with van der Waals surface area (Å²) in [4.78, 5) is 1.46. The molecule has 0 aromatic heterocycles. The number of halogens is 3. The average Bonchev–Trinajstić information content (AvgIpc) is 2.02. The van der Waals surface area contributed by atoms with Gasteiger partial charge in [-0.05, 0) is 38.1 Å². The molecule has 0 saturated heterocycles. The Bertz CT molecular complexity index is 139. The average molecular weight is 229 g/mol. The minimum atomic E-state index is -4.07. The predicted octanol–water partition coefficient (Wildman–Crippen LogP) is 2.97. The van der Waals surface area contributed by atoms with E-state index in [4.69, 9.17) is 0 Å². The van der Waals surface area contributed by atoms with Gasteiger partial charge < -0.3 is 0 Å². The molecular weight excluding hydrogens is 211 g/mol. The van der Waals surface area contributed by atoms with Crippen LogP contribution in [0.1, 0.15) is 26.2 Å². The third-order valence-corrected chi connectivity index (χ3v) is 2.14. The van der Waals surface area contributed by atoms with Crippen molar-refractivity contribution in [2.24, 2.45) is 0 Å². The van der Waals surface area contributed by atoms with Crippen molar-refractivity contribution in [3.8, 4) is 0 Å². The minimum absolute atomic E-state index is 0.520. The smallest absolute Gasteiger partial charge is 0.295 e. The molecular formula is C9H18F3NS. The molecule has 0 aliphatic heterocycles. The van der Waals surface area contributed by atoms with E-state index in [1.807, 2.05) is 6.92 Å². The van der Waals surface area contributed by atoms with E-state index >= 15 is 0 Å². The van der Waals surface area contributed by atoms with Gasteiger partial charge in [-0.2, -0.15) is 25.8 Å². The van der Waals surface area contributed by atoms with Crippen molar-refractivity contribution in [1.82, 2.24) is 4.90 Å². The molecule has 0 spiro atoms. The molecule has 0 N–H and O–H groups in total. The van der Waals surface area contributed by atoms with Crippen LogP contribution in [0.2, 0.25) is 0 Å². The number of rotatable bonds is 7. The van der Waals surface area contributed by atoms with Crippen LogP contribution in [0.3, 0.4) is 0 Å². The molecule has 86 valence electrons. The van der Waals surface area contributed by atoms with Crippen LogP contribution in [0.25, 0.3) is 0 Å². The lowest BCUT2D eigenvalue weighted by atomic mass is 10.3. The zero-order chi connectivity index (χ0) is 11.0. The van der Waals surface area contributed by atoms with Crippen molar-refractivity contribution in [1.29, 1.82) is 0 Å². The van der Waals surface area contributed by atoms with Crippen LogP contribution in [0.15, 0.2) is 0 Å². The fourth-order valence-electron chi connectivity index (χ4n) is 1.29. The van der Waals surface area contributed by atoms with E-state index in [0.717, 1.165) is 25.0 Å². The normalized spacial score (nSPS) is 12.4. The number of hydrogen-bond donors (Lipinski definition) is 1. The van der Waals surface area contributed by atoms with Gasteiger partial charge in [0, 0.05) is 0 Å². The van der Waals surface area contributed by atoms with E-state index < -0.39 is 12.7 Å². The van der Waals surface area contributed by atoms with Crippen LogP contribution < -0.4 is 0 Å². The van der Waals surface area contributed by atoms with E-state index in [2.05, 4.69) is 12.6 Å². The maximum absolute atomic E-state index is 12.1. The lowest BCUT2D eigenvalue weighted by Gasteiger charge is -2.22. The largest absolute Gasteiger partial charge is 0.401 e. The van der Waals surface area contributed by atoms with Crippen LogP contribution in [0.5, 0.6) is 0 Å². The van der Waals surface area contributed by atoms with E-state index in [0.29, 0.717) is 13.1 Å². The second-order valence-corrected chi connectivity index (χ2v) is 3.77. The van der Waals surface area contributed by atoms with Gasteiger partial charge in [0.05, 0.1) is 6.54 Å². The Hall–Kier alpha value is 0.100. The van der Waals surface area contributed by atoms with E-state index in [9.17, 15) is 13.2 Å². The first-order valence-electron chi connectivity index (χ1n) is 4.89. The number of alkyl halides is 3. The fourth-order valence-corrected chi connectivity index (χ4v) is 1.51. The van der Waals surface area contributed by atoms with Crippen molar-refractivity contribution >= 4 is 12.6 Å². The van der Waals surface area contributed by atoms with Crippen molar-refractivity contribution in [3.63, 3.8) is 0 Å². The van der Waals surface area contributed by atoms with Gasteiger partial charge in [-0.3, -0.25) is 4.90 Å². The number of unbranched alkanes of at least 4 members (excludes halogenated alkanes) is 1. The molecule has 0 bridgehead atoms. The Labute approximate surface area is 89.1 Å². The second kappa shape index (κ2) is 7.40. The quantitative estimate of drug-likeness (QED) is 0.519. The highest BCUT2D eigenvalue weighted by atomic mass is 32.1. The first-order chi connectivity index (χ1) is 6.49. The molecule has 0 heterocycles. The molecule has 0 aliphatic rings. The van der Waals surface area contributed by atoms with Crippen molar-refractivity contribution < 1.29 is 13.2 Å². The number of thiol groups is 1. The summed E-state index contributed by atoms with van der Waals surface area (Å²) >= 11 is 4.02. The van der Waals surface area contributed by atoms with Crippen LogP contribution in [0, 0.1) is 0 Å². The highest BCUT2D eigenvalue weighted by molar-refractivity contribution is 7.80. The van der Waals surface area contributed by atoms with Gasteiger partial charge in [-0.15, -0.1) is 0 Å². The molecule has 5 heteroatoms. The van der Waals surface area contributed by atoms with Crippen molar-refractivity contribution in [2.45, 2.75) is 32.4 Å². The summed E-state index contributed by atoms with van der Waals surface area (Å²) in [6, 6.07) is 0. The summed E-state index contributed by atoms with van der Waals surface area (Å²) in [5.74, 6) is 0.742. The molecule has 0 fully saturated rings. The Morgan fingerprint density at radius 2 is 1.79 bits per heavy atom. The van der Waals surface area contributed by atoms with Gasteiger partial charge in [-0.1, -0.05) is 6.92 Å². The molecule has 0 unspecified atom stereocenters. The summed E-state index contributed by atoms with van der Waals surface area (Å²) in [6.07, 6.45) is -1.64. The third kappa shape index (κ3) is 8.69. The summed E-state index contributed by atoms with van der Waals surface area (Å²) in [6.45, 7) is 2.15. The molecule has 0 aromatic carbocycles. The lowest BCUT2D eigenvalue weighted by Crippen LogP contribution is -2.35. The Kier molecular flexibility index (Phi) is 7.45. The van der Waals surface area contributed by atoms with E-state index in [1.54, 1.807) is 0 Å². The summed E-state index contributed by atoms with van der Waals surface area (Å²) in [5, 5.41) is 0. The second-order valence-electron chi connectivity index (χ2n) is 3.32. The summed E-state index contributed by atoms with van der Waals surface area (Å²) in [7, 11) is 0. The van der Waals surface area contributed by atoms with Crippen LogP contribution in [-0.2, 0) is 0 Å². The zero-order valence-corrected chi connectivity index (χ0v) is 9.37. The Morgan fingerprint density at radius 1 is 1.14 bits per heavy atom. The first-order valence-corrected chi connectivity index (χ1v) is 5.52. The van der Waals surface area contributed by atoms with Crippen LogP contribution in [-0.4, -0.2) is 36.5 Å². The maximum Gasteiger partial charge on any atom is 0.401 e. The number of nitrogens with zero attached hydrogens (tertiary/aromatic N) is 1. The van der Waals surface area contributed by atoms with Crippen LogP contribution >= 0.6 is 12.6 Å². The molecule has 0 saturated carbocycles. The Morgan fingerprint density at radius 3 is 2.21 bits per heavy atom. The monoisotopic (exact) mass is 229 g/mol. The molecule has 0 amide bonds. The zero-order valence-electron chi connectivity index (χ0n) is 8.48. The maximum atomic E-state index is 12.1. The van der Waals surface area contributed by atoms with Gasteiger partial charge >= 0.3 is 6.18 Å². The highest BCUT2D eigenvalue weighted by Crippen LogP contribution is 2.16. The Balaban J connectivity index is 3.77. The summed E-state index contributed by atoms with van der Waals surface area (Å²) in [5.41, 5.74) is 0. The van der Waals surface area contributed by atoms with Crippen molar-refractivity contribution in [3.05, 3.63) is 0 Å². The molecule has 0 rings (SSSR count). The standard InChI is InChI=1S/C9H18F3NS/c1-2-5-13(6-3-4-7-14)8-9(10,11)12/h14H,2-8H2,1H3. The molecule has 0 aromatic rings. The minimum Gasteiger partial charge on any atom is -0.295 e. The fraction of sp³-hybridized carbons (Fsp3) is 1.00. The van der Waals surface area contributed by atoms with Gasteiger partial charge in [0.2, 0.25) is 0 Å². The summed E-state index contributed by atoms with van der Waals surface area (Å²) < 4.78 is 36.2. The SMILES string of the molecule is CCCN(CCCCS)CC(F)(F)F.